The average Bonchev–Trinajstić information content (AvgIpc) is 2.64. The highest BCUT2D eigenvalue weighted by molar-refractivity contribution is 5.94. The molecule has 0 radical (unpaired) electrons. The molecule has 1 aliphatic carbocycles. The number of carbonyl (C=O) groups excluding carboxylic acids is 2. The maximum absolute atomic E-state index is 12.2. The minimum absolute atomic E-state index is 0.00813. The Kier molecular flexibility index (Phi) is 7.04. The summed E-state index contributed by atoms with van der Waals surface area (Å²) in [4.78, 5) is 25.8. The van der Waals surface area contributed by atoms with Crippen molar-refractivity contribution < 1.29 is 9.59 Å². The number of allylic oxidation sites excluding steroid dienone is 2. The van der Waals surface area contributed by atoms with E-state index in [1.54, 1.807) is 11.9 Å². The van der Waals surface area contributed by atoms with Crippen molar-refractivity contribution in [2.24, 2.45) is 5.92 Å². The molecule has 5 heteroatoms. The molecule has 0 saturated carbocycles. The van der Waals surface area contributed by atoms with Gasteiger partial charge in [0.2, 0.25) is 0 Å². The van der Waals surface area contributed by atoms with E-state index in [1.165, 1.54) is 0 Å². The fourth-order valence-electron chi connectivity index (χ4n) is 2.73. The van der Waals surface area contributed by atoms with Crippen LogP contribution in [0.25, 0.3) is 0 Å². The number of nitrogens with one attached hydrogen (secondary N) is 2. The van der Waals surface area contributed by atoms with Gasteiger partial charge in [-0.15, -0.1) is 0 Å². The van der Waals surface area contributed by atoms with Crippen molar-refractivity contribution >= 4 is 11.9 Å². The van der Waals surface area contributed by atoms with E-state index in [2.05, 4.69) is 22.8 Å². The van der Waals surface area contributed by atoms with Gasteiger partial charge in [0, 0.05) is 31.7 Å². The van der Waals surface area contributed by atoms with E-state index in [0.717, 1.165) is 24.8 Å². The monoisotopic (exact) mass is 343 g/mol. The number of urea groups is 1. The molecule has 1 aliphatic rings. The molecule has 1 aromatic rings. The lowest BCUT2D eigenvalue weighted by Crippen LogP contribution is -2.38. The van der Waals surface area contributed by atoms with Gasteiger partial charge < -0.3 is 15.5 Å². The molecule has 2 rings (SSSR count). The number of hydrogen-bond donors (Lipinski definition) is 2. The topological polar surface area (TPSA) is 61.4 Å². The lowest BCUT2D eigenvalue weighted by atomic mass is 9.94. The molecule has 0 spiro atoms. The summed E-state index contributed by atoms with van der Waals surface area (Å²) in [5, 5.41) is 5.80. The number of hydrogen-bond acceptors (Lipinski definition) is 2. The maximum Gasteiger partial charge on any atom is 0.315 e. The van der Waals surface area contributed by atoms with Crippen LogP contribution in [0.5, 0.6) is 0 Å². The van der Waals surface area contributed by atoms with E-state index in [4.69, 9.17) is 0 Å². The van der Waals surface area contributed by atoms with Gasteiger partial charge in [-0.1, -0.05) is 24.3 Å². The third kappa shape index (κ3) is 5.93. The van der Waals surface area contributed by atoms with Crippen LogP contribution >= 0.6 is 0 Å². The molecule has 25 heavy (non-hydrogen) atoms. The van der Waals surface area contributed by atoms with E-state index < -0.39 is 0 Å². The summed E-state index contributed by atoms with van der Waals surface area (Å²) in [5.74, 6) is 0.549. The summed E-state index contributed by atoms with van der Waals surface area (Å²) in [5.41, 5.74) is 1.63. The molecule has 3 amide bonds. The van der Waals surface area contributed by atoms with Gasteiger partial charge >= 0.3 is 6.03 Å². The SMILES string of the molecule is CC(C)N(C)C(=O)c1ccc(CNC(=O)NC[C@H]2CC=CCC2)cc1. The van der Waals surface area contributed by atoms with Crippen LogP contribution in [-0.2, 0) is 6.54 Å². The molecule has 0 saturated heterocycles. The summed E-state index contributed by atoms with van der Waals surface area (Å²) >= 11 is 0. The highest BCUT2D eigenvalue weighted by Gasteiger charge is 2.14. The second-order valence-corrected chi connectivity index (χ2v) is 6.92. The summed E-state index contributed by atoms with van der Waals surface area (Å²) in [7, 11) is 1.80. The van der Waals surface area contributed by atoms with Gasteiger partial charge in [0.05, 0.1) is 0 Å². The van der Waals surface area contributed by atoms with Crippen LogP contribution in [0.1, 0.15) is 49.0 Å². The van der Waals surface area contributed by atoms with Crippen LogP contribution in [0.4, 0.5) is 4.79 Å². The van der Waals surface area contributed by atoms with Crippen LogP contribution in [0, 0.1) is 5.92 Å². The molecule has 0 fully saturated rings. The molecular formula is C20H29N3O2. The molecule has 0 aromatic heterocycles. The quantitative estimate of drug-likeness (QED) is 0.778. The summed E-state index contributed by atoms with van der Waals surface area (Å²) in [6.07, 6.45) is 7.67. The smallest absolute Gasteiger partial charge is 0.315 e. The van der Waals surface area contributed by atoms with Crippen molar-refractivity contribution in [2.75, 3.05) is 13.6 Å². The second-order valence-electron chi connectivity index (χ2n) is 6.92. The van der Waals surface area contributed by atoms with Gasteiger partial charge in [0.15, 0.2) is 0 Å². The van der Waals surface area contributed by atoms with Crippen molar-refractivity contribution in [3.05, 3.63) is 47.5 Å². The fourth-order valence-corrected chi connectivity index (χ4v) is 2.73. The van der Waals surface area contributed by atoms with Crippen LogP contribution < -0.4 is 10.6 Å². The van der Waals surface area contributed by atoms with Gasteiger partial charge in [-0.05, 0) is 56.7 Å². The summed E-state index contributed by atoms with van der Waals surface area (Å²) in [6.45, 7) is 5.13. The molecule has 136 valence electrons. The minimum Gasteiger partial charge on any atom is -0.339 e. The molecule has 0 unspecified atom stereocenters. The van der Waals surface area contributed by atoms with E-state index in [-0.39, 0.29) is 18.0 Å². The largest absolute Gasteiger partial charge is 0.339 e. The summed E-state index contributed by atoms with van der Waals surface area (Å²) in [6, 6.07) is 7.40. The van der Waals surface area contributed by atoms with Crippen LogP contribution in [0.2, 0.25) is 0 Å². The molecule has 0 aliphatic heterocycles. The Morgan fingerprint density at radius 3 is 2.48 bits per heavy atom. The number of benzene rings is 1. The van der Waals surface area contributed by atoms with Crippen LogP contribution in [0.3, 0.4) is 0 Å². The van der Waals surface area contributed by atoms with Crippen molar-refractivity contribution in [2.45, 2.75) is 45.7 Å². The highest BCUT2D eigenvalue weighted by atomic mass is 16.2. The van der Waals surface area contributed by atoms with Crippen LogP contribution in [0.15, 0.2) is 36.4 Å². The third-order valence-electron chi connectivity index (χ3n) is 4.68. The first-order valence-corrected chi connectivity index (χ1v) is 9.00. The van der Waals surface area contributed by atoms with Crippen molar-refractivity contribution in [1.82, 2.24) is 15.5 Å². The normalized spacial score (nSPS) is 16.6. The van der Waals surface area contributed by atoms with E-state index in [9.17, 15) is 9.59 Å². The van der Waals surface area contributed by atoms with Crippen molar-refractivity contribution in [3.8, 4) is 0 Å². The first-order valence-electron chi connectivity index (χ1n) is 9.00. The fraction of sp³-hybridized carbons (Fsp3) is 0.500. The molecule has 2 N–H and O–H groups in total. The van der Waals surface area contributed by atoms with E-state index in [0.29, 0.717) is 24.6 Å². The Morgan fingerprint density at radius 2 is 1.88 bits per heavy atom. The van der Waals surface area contributed by atoms with E-state index >= 15 is 0 Å². The number of amides is 3. The highest BCUT2D eigenvalue weighted by Crippen LogP contribution is 2.16. The van der Waals surface area contributed by atoms with E-state index in [1.807, 2.05) is 38.1 Å². The second kappa shape index (κ2) is 9.25. The number of carbonyl (C=O) groups is 2. The first-order chi connectivity index (χ1) is 12.0. The minimum atomic E-state index is -0.144. The average molecular weight is 343 g/mol. The lowest BCUT2D eigenvalue weighted by Gasteiger charge is -2.21. The van der Waals surface area contributed by atoms with Gasteiger partial charge in [-0.2, -0.15) is 0 Å². The van der Waals surface area contributed by atoms with Gasteiger partial charge in [-0.25, -0.2) is 4.79 Å². The lowest BCUT2D eigenvalue weighted by molar-refractivity contribution is 0.0755. The number of rotatable bonds is 6. The Hall–Kier alpha value is -2.30. The number of nitrogens with zero attached hydrogens (tertiary/aromatic N) is 1. The zero-order valence-corrected chi connectivity index (χ0v) is 15.4. The molecule has 1 aromatic carbocycles. The Bertz CT molecular complexity index is 608. The molecule has 1 atom stereocenters. The van der Waals surface area contributed by atoms with Crippen molar-refractivity contribution in [3.63, 3.8) is 0 Å². The van der Waals surface area contributed by atoms with Gasteiger partial charge in [0.25, 0.3) is 5.91 Å². The standard InChI is InChI=1S/C20H29N3O2/c1-15(2)23(3)19(24)18-11-9-17(10-12-18)14-22-20(25)21-13-16-7-5-4-6-8-16/h4-5,9-12,15-16H,6-8,13-14H2,1-3H3,(H2,21,22,25)/t16-/m0/s1. The summed E-state index contributed by atoms with van der Waals surface area (Å²) < 4.78 is 0. The Balaban J connectivity index is 1.76. The first kappa shape index (κ1) is 19.0. The predicted octanol–water partition coefficient (Wildman–Crippen LogP) is 3.32. The van der Waals surface area contributed by atoms with Crippen molar-refractivity contribution in [1.29, 1.82) is 0 Å². The van der Waals surface area contributed by atoms with Crippen LogP contribution in [-0.4, -0.2) is 36.5 Å². The molecular weight excluding hydrogens is 314 g/mol. The van der Waals surface area contributed by atoms with Gasteiger partial charge in [0.1, 0.15) is 0 Å². The molecule has 0 bridgehead atoms. The zero-order chi connectivity index (χ0) is 18.2. The van der Waals surface area contributed by atoms with Gasteiger partial charge in [-0.3, -0.25) is 4.79 Å². The Labute approximate surface area is 150 Å². The third-order valence-corrected chi connectivity index (χ3v) is 4.68. The predicted molar refractivity (Wildman–Crippen MR) is 100 cm³/mol. The molecule has 5 nitrogen and oxygen atoms in total. The zero-order valence-electron chi connectivity index (χ0n) is 15.4. The maximum atomic E-state index is 12.2. The molecule has 0 heterocycles. The Morgan fingerprint density at radius 1 is 1.16 bits per heavy atom.